The second-order valence-electron chi connectivity index (χ2n) is 3.96. The second-order valence-corrected chi connectivity index (χ2v) is 3.96. The van der Waals surface area contributed by atoms with Gasteiger partial charge in [0.1, 0.15) is 0 Å². The molecule has 0 radical (unpaired) electrons. The number of carboxylic acids is 1. The largest absolute Gasteiger partial charge is 0.481 e. The van der Waals surface area contributed by atoms with Crippen molar-refractivity contribution in [2.24, 2.45) is 5.92 Å². The monoisotopic (exact) mass is 235 g/mol. The summed E-state index contributed by atoms with van der Waals surface area (Å²) < 4.78 is 5.08. The first-order valence-corrected chi connectivity index (χ1v) is 5.29. The summed E-state index contributed by atoms with van der Waals surface area (Å²) in [5, 5.41) is 12.7. The summed E-state index contributed by atoms with van der Waals surface area (Å²) in [6.07, 6.45) is 1.76. The molecule has 17 heavy (non-hydrogen) atoms. The molecule has 2 aromatic heterocycles. The molecule has 2 rings (SSSR count). The third-order valence-electron chi connectivity index (χ3n) is 2.81. The zero-order chi connectivity index (χ0) is 12.4. The van der Waals surface area contributed by atoms with E-state index in [1.807, 2.05) is 12.1 Å². The summed E-state index contributed by atoms with van der Waals surface area (Å²) in [7, 11) is 0. The molecule has 2 heterocycles. The van der Waals surface area contributed by atoms with Crippen LogP contribution in [0, 0.1) is 5.92 Å². The van der Waals surface area contributed by atoms with Crippen LogP contribution in [-0.4, -0.2) is 26.2 Å². The normalized spacial score (nSPS) is 14.5. The predicted octanol–water partition coefficient (Wildman–Crippen LogP) is 1.89. The highest BCUT2D eigenvalue weighted by molar-refractivity contribution is 5.70. The summed E-state index contributed by atoms with van der Waals surface area (Å²) in [5.41, 5.74) is 0.746. The third kappa shape index (κ3) is 2.20. The van der Waals surface area contributed by atoms with Crippen LogP contribution in [0.25, 0.3) is 11.5 Å². The van der Waals surface area contributed by atoms with Crippen LogP contribution < -0.4 is 0 Å². The minimum atomic E-state index is -0.878. The number of hydrogen-bond acceptors (Lipinski definition) is 4. The maximum atomic E-state index is 10.9. The first kappa shape index (κ1) is 11.4. The predicted molar refractivity (Wildman–Crippen MR) is 59.3 cm³/mol. The molecule has 2 atom stereocenters. The van der Waals surface area contributed by atoms with Gasteiger partial charge >= 0.3 is 5.97 Å². The van der Waals surface area contributed by atoms with Crippen LogP contribution in [0.15, 0.2) is 22.9 Å². The number of nitrogens with one attached hydrogen (secondary N) is 1. The lowest BCUT2D eigenvalue weighted by Crippen LogP contribution is -2.16. The number of aromatic amines is 1. The average Bonchev–Trinajstić information content (AvgIpc) is 2.96. The average molecular weight is 235 g/mol. The molecule has 0 amide bonds. The Balaban J connectivity index is 2.21. The van der Waals surface area contributed by atoms with Gasteiger partial charge in [-0.1, -0.05) is 19.0 Å². The summed E-state index contributed by atoms with van der Waals surface area (Å²) in [6.45, 7) is 3.37. The minimum absolute atomic E-state index is 0.316. The summed E-state index contributed by atoms with van der Waals surface area (Å²) >= 11 is 0. The van der Waals surface area contributed by atoms with E-state index in [-0.39, 0.29) is 5.92 Å². The molecular weight excluding hydrogens is 222 g/mol. The van der Waals surface area contributed by atoms with Gasteiger partial charge < -0.3 is 14.6 Å². The van der Waals surface area contributed by atoms with Crippen molar-refractivity contribution in [1.82, 2.24) is 15.1 Å². The fraction of sp³-hybridized carbons (Fsp3) is 0.364. The van der Waals surface area contributed by atoms with Crippen molar-refractivity contribution in [2.45, 2.75) is 19.8 Å². The number of carbonyl (C=O) groups is 1. The Kier molecular flexibility index (Phi) is 2.95. The van der Waals surface area contributed by atoms with Gasteiger partial charge in [0.05, 0.1) is 11.6 Å². The zero-order valence-corrected chi connectivity index (χ0v) is 9.54. The minimum Gasteiger partial charge on any atom is -0.481 e. The second kappa shape index (κ2) is 4.40. The van der Waals surface area contributed by atoms with E-state index in [2.05, 4.69) is 15.1 Å². The van der Waals surface area contributed by atoms with E-state index < -0.39 is 11.9 Å². The van der Waals surface area contributed by atoms with E-state index in [0.717, 1.165) is 5.69 Å². The maximum Gasteiger partial charge on any atom is 0.307 e. The van der Waals surface area contributed by atoms with Crippen molar-refractivity contribution in [3.05, 3.63) is 24.2 Å². The van der Waals surface area contributed by atoms with Crippen molar-refractivity contribution in [1.29, 1.82) is 0 Å². The Bertz CT molecular complexity index is 504. The van der Waals surface area contributed by atoms with Crippen LogP contribution in [0.1, 0.15) is 25.7 Å². The molecule has 2 aromatic rings. The Morgan fingerprint density at radius 3 is 2.88 bits per heavy atom. The van der Waals surface area contributed by atoms with Crippen LogP contribution in [0.4, 0.5) is 0 Å². The standard InChI is InChI=1S/C11H13N3O3/c1-6(7(2)11(15)16)10-13-9(14-17-10)8-4-3-5-12-8/h3-7,12H,1-2H3,(H,15,16). The number of aromatic nitrogens is 3. The van der Waals surface area contributed by atoms with E-state index >= 15 is 0 Å². The van der Waals surface area contributed by atoms with E-state index in [1.165, 1.54) is 0 Å². The molecule has 0 aliphatic heterocycles. The first-order valence-electron chi connectivity index (χ1n) is 5.29. The van der Waals surface area contributed by atoms with Crippen LogP contribution >= 0.6 is 0 Å². The van der Waals surface area contributed by atoms with Crippen molar-refractivity contribution in [3.8, 4) is 11.5 Å². The number of carboxylic acid groups (broad SMARTS) is 1. The molecule has 6 heteroatoms. The van der Waals surface area contributed by atoms with Gasteiger partial charge in [-0.15, -0.1) is 0 Å². The number of rotatable bonds is 4. The zero-order valence-electron chi connectivity index (χ0n) is 9.54. The number of H-pyrrole nitrogens is 1. The summed E-state index contributed by atoms with van der Waals surface area (Å²) in [6, 6.07) is 3.65. The number of aliphatic carboxylic acids is 1. The van der Waals surface area contributed by atoms with Crippen LogP contribution in [0.3, 0.4) is 0 Å². The van der Waals surface area contributed by atoms with Gasteiger partial charge in [-0.2, -0.15) is 4.98 Å². The van der Waals surface area contributed by atoms with Gasteiger partial charge in [0.25, 0.3) is 0 Å². The summed E-state index contributed by atoms with van der Waals surface area (Å²) in [5.74, 6) is -0.980. The lowest BCUT2D eigenvalue weighted by atomic mass is 9.96. The molecule has 0 aliphatic carbocycles. The fourth-order valence-electron chi connectivity index (χ4n) is 1.43. The van der Waals surface area contributed by atoms with Gasteiger partial charge in [-0.3, -0.25) is 4.79 Å². The molecule has 6 nitrogen and oxygen atoms in total. The number of hydrogen-bond donors (Lipinski definition) is 2. The van der Waals surface area contributed by atoms with E-state index in [4.69, 9.17) is 9.63 Å². The smallest absolute Gasteiger partial charge is 0.307 e. The summed E-state index contributed by atoms with van der Waals surface area (Å²) in [4.78, 5) is 18.0. The molecule has 0 aliphatic rings. The van der Waals surface area contributed by atoms with Crippen LogP contribution in [0.2, 0.25) is 0 Å². The van der Waals surface area contributed by atoms with Crippen molar-refractivity contribution < 1.29 is 14.4 Å². The maximum absolute atomic E-state index is 10.9. The lowest BCUT2D eigenvalue weighted by molar-refractivity contribution is -0.141. The number of nitrogens with zero attached hydrogens (tertiary/aromatic N) is 2. The highest BCUT2D eigenvalue weighted by Crippen LogP contribution is 2.24. The molecule has 2 unspecified atom stereocenters. The van der Waals surface area contributed by atoms with Crippen LogP contribution in [-0.2, 0) is 4.79 Å². The molecule has 0 bridgehead atoms. The van der Waals surface area contributed by atoms with Crippen molar-refractivity contribution in [3.63, 3.8) is 0 Å². The fourth-order valence-corrected chi connectivity index (χ4v) is 1.43. The van der Waals surface area contributed by atoms with Crippen molar-refractivity contribution in [2.75, 3.05) is 0 Å². The lowest BCUT2D eigenvalue weighted by Gasteiger charge is -2.10. The van der Waals surface area contributed by atoms with Gasteiger partial charge in [0.15, 0.2) is 0 Å². The topological polar surface area (TPSA) is 92.0 Å². The van der Waals surface area contributed by atoms with Crippen molar-refractivity contribution >= 4 is 5.97 Å². The van der Waals surface area contributed by atoms with Gasteiger partial charge in [-0.25, -0.2) is 0 Å². The van der Waals surface area contributed by atoms with E-state index in [9.17, 15) is 4.79 Å². The third-order valence-corrected chi connectivity index (χ3v) is 2.81. The molecule has 0 fully saturated rings. The molecule has 0 saturated carbocycles. The van der Waals surface area contributed by atoms with Crippen LogP contribution in [0.5, 0.6) is 0 Å². The highest BCUT2D eigenvalue weighted by atomic mass is 16.5. The molecule has 0 aromatic carbocycles. The Hall–Kier alpha value is -2.11. The molecule has 0 spiro atoms. The van der Waals surface area contributed by atoms with E-state index in [0.29, 0.717) is 11.7 Å². The van der Waals surface area contributed by atoms with Gasteiger partial charge in [0.2, 0.25) is 11.7 Å². The van der Waals surface area contributed by atoms with Gasteiger partial charge in [0, 0.05) is 12.1 Å². The highest BCUT2D eigenvalue weighted by Gasteiger charge is 2.26. The molecule has 2 N–H and O–H groups in total. The Morgan fingerprint density at radius 1 is 1.53 bits per heavy atom. The Labute approximate surface area is 97.7 Å². The quantitative estimate of drug-likeness (QED) is 0.844. The first-order chi connectivity index (χ1) is 8.09. The van der Waals surface area contributed by atoms with Gasteiger partial charge in [-0.05, 0) is 12.1 Å². The molecule has 90 valence electrons. The Morgan fingerprint density at radius 2 is 2.29 bits per heavy atom. The SMILES string of the molecule is CC(C(=O)O)C(C)c1nc(-c2ccc[nH]2)no1. The molecule has 0 saturated heterocycles. The molecular formula is C11H13N3O3. The van der Waals surface area contributed by atoms with E-state index in [1.54, 1.807) is 20.0 Å².